The van der Waals surface area contributed by atoms with E-state index in [1.807, 2.05) is 24.3 Å². The molecular formula is C20H21NO2. The van der Waals surface area contributed by atoms with Crippen LogP contribution >= 0.6 is 0 Å². The molecule has 0 aliphatic rings. The van der Waals surface area contributed by atoms with Gasteiger partial charge in [-0.3, -0.25) is 4.79 Å². The zero-order chi connectivity index (χ0) is 16.4. The van der Waals surface area contributed by atoms with Crippen LogP contribution in [0, 0.1) is 0 Å². The molecule has 3 nitrogen and oxygen atoms in total. The Morgan fingerprint density at radius 1 is 1.22 bits per heavy atom. The molecule has 1 N–H and O–H groups in total. The number of carbonyl (C=O) groups is 1. The minimum Gasteiger partial charge on any atom is -0.496 e. The molecule has 1 atom stereocenters. The highest BCUT2D eigenvalue weighted by Gasteiger charge is 2.16. The number of benzene rings is 2. The SMILES string of the molecule is CCC(C)c1ccc2[nH]c(-c3ccccc3OC)c(C=O)c2c1. The van der Waals surface area contributed by atoms with Crippen molar-refractivity contribution in [2.45, 2.75) is 26.2 Å². The Labute approximate surface area is 136 Å². The molecule has 0 fully saturated rings. The lowest BCUT2D eigenvalue weighted by molar-refractivity contribution is 0.112. The fourth-order valence-corrected chi connectivity index (χ4v) is 2.96. The van der Waals surface area contributed by atoms with E-state index in [1.165, 1.54) is 5.56 Å². The standard InChI is InChI=1S/C20H21NO2/c1-4-13(2)14-9-10-18-16(11-14)17(12-22)20(21-18)15-7-5-6-8-19(15)23-3/h5-13,21H,4H2,1-3H3. The van der Waals surface area contributed by atoms with Gasteiger partial charge in [0, 0.05) is 22.0 Å². The number of hydrogen-bond donors (Lipinski definition) is 1. The van der Waals surface area contributed by atoms with Crippen LogP contribution in [0.25, 0.3) is 22.2 Å². The smallest absolute Gasteiger partial charge is 0.152 e. The lowest BCUT2D eigenvalue weighted by Gasteiger charge is -2.08. The summed E-state index contributed by atoms with van der Waals surface area (Å²) < 4.78 is 5.44. The molecule has 0 amide bonds. The maximum atomic E-state index is 11.8. The minimum absolute atomic E-state index is 0.475. The van der Waals surface area contributed by atoms with Crippen LogP contribution in [0.5, 0.6) is 5.75 Å². The first-order valence-corrected chi connectivity index (χ1v) is 7.93. The van der Waals surface area contributed by atoms with Gasteiger partial charge in [0.15, 0.2) is 6.29 Å². The van der Waals surface area contributed by atoms with Crippen LogP contribution in [-0.4, -0.2) is 18.4 Å². The Morgan fingerprint density at radius 3 is 2.70 bits per heavy atom. The summed E-state index contributed by atoms with van der Waals surface area (Å²) in [6, 6.07) is 14.1. The summed E-state index contributed by atoms with van der Waals surface area (Å²) in [5.41, 5.74) is 4.63. The number of rotatable bonds is 5. The molecule has 118 valence electrons. The number of fused-ring (bicyclic) bond motifs is 1. The highest BCUT2D eigenvalue weighted by atomic mass is 16.5. The molecule has 0 bridgehead atoms. The minimum atomic E-state index is 0.475. The molecule has 0 saturated heterocycles. The highest BCUT2D eigenvalue weighted by Crippen LogP contribution is 2.35. The van der Waals surface area contributed by atoms with Crippen molar-refractivity contribution in [3.8, 4) is 17.0 Å². The van der Waals surface area contributed by atoms with Gasteiger partial charge in [-0.25, -0.2) is 0 Å². The van der Waals surface area contributed by atoms with Crippen molar-refractivity contribution in [3.63, 3.8) is 0 Å². The van der Waals surface area contributed by atoms with E-state index in [0.717, 1.165) is 40.6 Å². The number of aromatic nitrogens is 1. The summed E-state index contributed by atoms with van der Waals surface area (Å²) in [5, 5.41) is 0.971. The molecule has 3 rings (SSSR count). The first-order valence-electron chi connectivity index (χ1n) is 7.93. The van der Waals surface area contributed by atoms with E-state index < -0.39 is 0 Å². The Balaban J connectivity index is 2.24. The molecule has 0 aliphatic heterocycles. The van der Waals surface area contributed by atoms with Gasteiger partial charge < -0.3 is 9.72 Å². The Hall–Kier alpha value is -2.55. The summed E-state index contributed by atoms with van der Waals surface area (Å²) in [6.07, 6.45) is 2.01. The number of ether oxygens (including phenoxy) is 1. The summed E-state index contributed by atoms with van der Waals surface area (Å²) in [6.45, 7) is 4.38. The van der Waals surface area contributed by atoms with Crippen LogP contribution in [0.3, 0.4) is 0 Å². The first-order chi connectivity index (χ1) is 11.2. The van der Waals surface area contributed by atoms with Crippen LogP contribution in [0.4, 0.5) is 0 Å². The summed E-state index contributed by atoms with van der Waals surface area (Å²) >= 11 is 0. The lowest BCUT2D eigenvalue weighted by atomic mass is 9.96. The molecule has 0 aliphatic carbocycles. The van der Waals surface area contributed by atoms with Crippen LogP contribution in [0.15, 0.2) is 42.5 Å². The third-order valence-corrected chi connectivity index (χ3v) is 4.54. The molecule has 23 heavy (non-hydrogen) atoms. The molecule has 1 aromatic heterocycles. The Morgan fingerprint density at radius 2 is 2.00 bits per heavy atom. The third-order valence-electron chi connectivity index (χ3n) is 4.54. The van der Waals surface area contributed by atoms with Gasteiger partial charge in [0.25, 0.3) is 0 Å². The van der Waals surface area contributed by atoms with E-state index >= 15 is 0 Å². The van der Waals surface area contributed by atoms with E-state index in [4.69, 9.17) is 4.74 Å². The van der Waals surface area contributed by atoms with Crippen molar-refractivity contribution in [1.82, 2.24) is 4.98 Å². The van der Waals surface area contributed by atoms with Gasteiger partial charge in [-0.2, -0.15) is 0 Å². The van der Waals surface area contributed by atoms with E-state index in [0.29, 0.717) is 11.5 Å². The number of H-pyrrole nitrogens is 1. The van der Waals surface area contributed by atoms with Crippen molar-refractivity contribution in [1.29, 1.82) is 0 Å². The second-order valence-corrected chi connectivity index (χ2v) is 5.85. The van der Waals surface area contributed by atoms with Crippen molar-refractivity contribution in [2.75, 3.05) is 7.11 Å². The van der Waals surface area contributed by atoms with Crippen LogP contribution in [-0.2, 0) is 0 Å². The number of carbonyl (C=O) groups excluding carboxylic acids is 1. The van der Waals surface area contributed by atoms with E-state index in [-0.39, 0.29) is 0 Å². The molecule has 1 heterocycles. The van der Waals surface area contributed by atoms with Gasteiger partial charge in [-0.05, 0) is 42.2 Å². The van der Waals surface area contributed by atoms with E-state index in [2.05, 4.69) is 37.0 Å². The van der Waals surface area contributed by atoms with E-state index in [9.17, 15) is 4.79 Å². The maximum Gasteiger partial charge on any atom is 0.152 e. The van der Waals surface area contributed by atoms with Gasteiger partial charge in [-0.15, -0.1) is 0 Å². The summed E-state index contributed by atoms with van der Waals surface area (Å²) in [5.74, 6) is 1.23. The molecule has 3 aromatic rings. The molecule has 0 radical (unpaired) electrons. The van der Waals surface area contributed by atoms with Gasteiger partial charge in [0.1, 0.15) is 5.75 Å². The monoisotopic (exact) mass is 307 g/mol. The van der Waals surface area contributed by atoms with Gasteiger partial charge in [-0.1, -0.05) is 32.0 Å². The number of hydrogen-bond acceptors (Lipinski definition) is 2. The van der Waals surface area contributed by atoms with Crippen molar-refractivity contribution in [3.05, 3.63) is 53.6 Å². The average molecular weight is 307 g/mol. The number of para-hydroxylation sites is 1. The predicted molar refractivity (Wildman–Crippen MR) is 94.4 cm³/mol. The molecule has 3 heteroatoms. The van der Waals surface area contributed by atoms with Gasteiger partial charge >= 0.3 is 0 Å². The number of nitrogens with one attached hydrogen (secondary N) is 1. The highest BCUT2D eigenvalue weighted by molar-refractivity contribution is 6.05. The van der Waals surface area contributed by atoms with Crippen LogP contribution < -0.4 is 4.74 Å². The zero-order valence-corrected chi connectivity index (χ0v) is 13.7. The maximum absolute atomic E-state index is 11.8. The molecule has 2 aromatic carbocycles. The first kappa shape index (κ1) is 15.3. The Kier molecular flexibility index (Phi) is 4.20. The molecular weight excluding hydrogens is 286 g/mol. The van der Waals surface area contributed by atoms with Gasteiger partial charge in [0.2, 0.25) is 0 Å². The second-order valence-electron chi connectivity index (χ2n) is 5.85. The van der Waals surface area contributed by atoms with E-state index in [1.54, 1.807) is 7.11 Å². The molecule has 0 saturated carbocycles. The van der Waals surface area contributed by atoms with Crippen molar-refractivity contribution >= 4 is 17.2 Å². The Bertz CT molecular complexity index is 848. The third kappa shape index (κ3) is 2.63. The summed E-state index contributed by atoms with van der Waals surface area (Å²) in [7, 11) is 1.64. The fraction of sp³-hybridized carbons (Fsp3) is 0.250. The quantitative estimate of drug-likeness (QED) is 0.661. The number of aldehydes is 1. The van der Waals surface area contributed by atoms with Crippen LogP contribution in [0.1, 0.15) is 42.1 Å². The number of methoxy groups -OCH3 is 1. The van der Waals surface area contributed by atoms with Gasteiger partial charge in [0.05, 0.1) is 12.8 Å². The average Bonchev–Trinajstić information content (AvgIpc) is 2.98. The second kappa shape index (κ2) is 6.29. The molecule has 1 unspecified atom stereocenters. The largest absolute Gasteiger partial charge is 0.496 e. The van der Waals surface area contributed by atoms with Crippen LogP contribution in [0.2, 0.25) is 0 Å². The normalized spacial score (nSPS) is 12.3. The molecule has 0 spiro atoms. The summed E-state index contributed by atoms with van der Waals surface area (Å²) in [4.78, 5) is 15.1. The predicted octanol–water partition coefficient (Wildman–Crippen LogP) is 5.17. The topological polar surface area (TPSA) is 42.1 Å². The van der Waals surface area contributed by atoms with Crippen molar-refractivity contribution < 1.29 is 9.53 Å². The number of aromatic amines is 1. The zero-order valence-electron chi connectivity index (χ0n) is 13.7. The fourth-order valence-electron chi connectivity index (χ4n) is 2.96. The van der Waals surface area contributed by atoms with Crippen molar-refractivity contribution in [2.24, 2.45) is 0 Å². The lowest BCUT2D eigenvalue weighted by Crippen LogP contribution is -1.91.